The van der Waals surface area contributed by atoms with E-state index in [1.54, 1.807) is 30.7 Å². The lowest BCUT2D eigenvalue weighted by atomic mass is 9.96. The van der Waals surface area contributed by atoms with Gasteiger partial charge in [0.15, 0.2) is 0 Å². The first-order valence-electron chi connectivity index (χ1n) is 10.4. The summed E-state index contributed by atoms with van der Waals surface area (Å²) in [5, 5.41) is 2.99. The molecule has 0 aliphatic carbocycles. The van der Waals surface area contributed by atoms with Crippen LogP contribution in [0.2, 0.25) is 0 Å². The molecule has 2 aliphatic heterocycles. The fourth-order valence-corrected chi connectivity index (χ4v) is 5.53. The van der Waals surface area contributed by atoms with Gasteiger partial charge in [0.25, 0.3) is 5.91 Å². The van der Waals surface area contributed by atoms with Crippen LogP contribution >= 0.6 is 0 Å². The molecule has 1 amide bonds. The lowest BCUT2D eigenvalue weighted by Crippen LogP contribution is -2.39. The van der Waals surface area contributed by atoms with E-state index in [-0.39, 0.29) is 10.8 Å². The maximum absolute atomic E-state index is 12.6. The van der Waals surface area contributed by atoms with Crippen molar-refractivity contribution in [3.63, 3.8) is 0 Å². The van der Waals surface area contributed by atoms with Gasteiger partial charge in [0.2, 0.25) is 10.0 Å². The van der Waals surface area contributed by atoms with Crippen LogP contribution in [0.1, 0.15) is 36.0 Å². The number of amides is 1. The minimum Gasteiger partial charge on any atom is -0.355 e. The predicted octanol–water partition coefficient (Wildman–Crippen LogP) is 1.91. The number of rotatable bonds is 6. The molecule has 1 aromatic heterocycles. The minimum atomic E-state index is -3.45. The Morgan fingerprint density at radius 3 is 2.37 bits per heavy atom. The smallest absolute Gasteiger partial charge is 0.251 e. The van der Waals surface area contributed by atoms with Crippen molar-refractivity contribution in [2.24, 2.45) is 5.92 Å². The largest absolute Gasteiger partial charge is 0.355 e. The molecular formula is C21H27N5O3S. The van der Waals surface area contributed by atoms with E-state index in [2.05, 4.69) is 20.2 Å². The maximum Gasteiger partial charge on any atom is 0.251 e. The zero-order chi connectivity index (χ0) is 21.0. The summed E-state index contributed by atoms with van der Waals surface area (Å²) >= 11 is 0. The highest BCUT2D eigenvalue weighted by molar-refractivity contribution is 7.89. The van der Waals surface area contributed by atoms with E-state index in [1.807, 2.05) is 0 Å². The van der Waals surface area contributed by atoms with Gasteiger partial charge in [-0.1, -0.05) is 0 Å². The van der Waals surface area contributed by atoms with Crippen molar-refractivity contribution < 1.29 is 13.2 Å². The van der Waals surface area contributed by atoms with Crippen LogP contribution in [0.15, 0.2) is 47.8 Å². The van der Waals surface area contributed by atoms with Crippen LogP contribution in [0, 0.1) is 5.92 Å². The molecule has 2 aliphatic rings. The van der Waals surface area contributed by atoms with Crippen molar-refractivity contribution >= 4 is 21.7 Å². The topological polar surface area (TPSA) is 95.5 Å². The molecule has 2 fully saturated rings. The maximum atomic E-state index is 12.6. The zero-order valence-electron chi connectivity index (χ0n) is 16.9. The highest BCUT2D eigenvalue weighted by Gasteiger charge is 2.27. The normalized spacial score (nSPS) is 18.5. The Morgan fingerprint density at radius 2 is 1.73 bits per heavy atom. The van der Waals surface area contributed by atoms with Crippen molar-refractivity contribution in [1.82, 2.24) is 19.6 Å². The summed E-state index contributed by atoms with van der Waals surface area (Å²) in [5.41, 5.74) is 0.479. The molecule has 2 aromatic rings. The van der Waals surface area contributed by atoms with E-state index in [1.165, 1.54) is 16.4 Å². The molecule has 160 valence electrons. The Balaban J connectivity index is 1.27. The molecule has 3 heterocycles. The van der Waals surface area contributed by atoms with E-state index < -0.39 is 10.0 Å². The molecule has 0 bridgehead atoms. The molecule has 0 saturated carbocycles. The van der Waals surface area contributed by atoms with Crippen LogP contribution in [-0.4, -0.2) is 61.3 Å². The van der Waals surface area contributed by atoms with Gasteiger partial charge in [-0.15, -0.1) is 0 Å². The molecule has 0 radical (unpaired) electrons. The second-order valence-corrected chi connectivity index (χ2v) is 9.78. The minimum absolute atomic E-state index is 0.170. The molecule has 9 heteroatoms. The zero-order valence-corrected chi connectivity index (χ0v) is 17.7. The number of piperidine rings is 1. The average Bonchev–Trinajstić information content (AvgIpc) is 3.34. The van der Waals surface area contributed by atoms with Gasteiger partial charge in [0.05, 0.1) is 11.1 Å². The first-order valence-corrected chi connectivity index (χ1v) is 11.9. The van der Waals surface area contributed by atoms with Gasteiger partial charge < -0.3 is 10.2 Å². The predicted molar refractivity (Wildman–Crippen MR) is 114 cm³/mol. The Morgan fingerprint density at radius 1 is 1.03 bits per heavy atom. The fraction of sp³-hybridized carbons (Fsp3) is 0.476. The first-order chi connectivity index (χ1) is 14.5. The number of aromatic nitrogens is 2. The Kier molecular flexibility index (Phi) is 6.29. The van der Waals surface area contributed by atoms with Gasteiger partial charge in [-0.2, -0.15) is 4.31 Å². The summed E-state index contributed by atoms with van der Waals surface area (Å²) in [6.45, 7) is 3.53. The van der Waals surface area contributed by atoms with Gasteiger partial charge in [-0.05, 0) is 55.9 Å². The van der Waals surface area contributed by atoms with Crippen molar-refractivity contribution in [1.29, 1.82) is 0 Å². The van der Waals surface area contributed by atoms with Crippen LogP contribution in [0.5, 0.6) is 0 Å². The van der Waals surface area contributed by atoms with Gasteiger partial charge in [-0.3, -0.25) is 9.78 Å². The van der Waals surface area contributed by atoms with E-state index in [9.17, 15) is 13.2 Å². The lowest BCUT2D eigenvalue weighted by molar-refractivity contribution is 0.0945. The molecule has 1 aromatic carbocycles. The molecule has 0 atom stereocenters. The van der Waals surface area contributed by atoms with Gasteiger partial charge in [0, 0.05) is 50.7 Å². The fourth-order valence-electron chi connectivity index (χ4n) is 4.02. The van der Waals surface area contributed by atoms with E-state index in [0.29, 0.717) is 31.1 Å². The Hall–Kier alpha value is -2.52. The Bertz CT molecular complexity index is 952. The van der Waals surface area contributed by atoms with Gasteiger partial charge in [0.1, 0.15) is 5.82 Å². The number of nitrogens with zero attached hydrogens (tertiary/aromatic N) is 4. The molecule has 30 heavy (non-hydrogen) atoms. The first kappa shape index (κ1) is 20.7. The number of carbonyl (C=O) groups is 1. The molecular weight excluding hydrogens is 402 g/mol. The molecule has 8 nitrogen and oxygen atoms in total. The summed E-state index contributed by atoms with van der Waals surface area (Å²) in [6.07, 6.45) is 8.89. The van der Waals surface area contributed by atoms with Gasteiger partial charge in [-0.25, -0.2) is 13.4 Å². The molecule has 1 N–H and O–H groups in total. The molecule has 2 saturated heterocycles. The SMILES string of the molecule is O=C(NCC1CCN(c2cnccn2)CC1)c1ccc(S(=O)(=O)N2CCCC2)cc1. The lowest BCUT2D eigenvalue weighted by Gasteiger charge is -2.32. The standard InChI is InChI=1S/C21H27N5O3S/c27-21(18-3-5-19(6-4-18)30(28,29)26-11-1-2-12-26)24-15-17-7-13-25(14-8-17)20-16-22-9-10-23-20/h3-6,9-10,16-17H,1-2,7-8,11-15H2,(H,24,27). The monoisotopic (exact) mass is 429 g/mol. The second kappa shape index (κ2) is 9.09. The molecule has 0 unspecified atom stereocenters. The average molecular weight is 430 g/mol. The summed E-state index contributed by atoms with van der Waals surface area (Å²) in [6, 6.07) is 6.24. The summed E-state index contributed by atoms with van der Waals surface area (Å²) in [4.78, 5) is 23.4. The van der Waals surface area contributed by atoms with E-state index in [4.69, 9.17) is 0 Å². The number of hydrogen-bond donors (Lipinski definition) is 1. The van der Waals surface area contributed by atoms with Crippen molar-refractivity contribution in [3.8, 4) is 0 Å². The summed E-state index contributed by atoms with van der Waals surface area (Å²) in [7, 11) is -3.45. The number of anilines is 1. The number of hydrogen-bond acceptors (Lipinski definition) is 6. The molecule has 0 spiro atoms. The number of benzene rings is 1. The summed E-state index contributed by atoms with van der Waals surface area (Å²) in [5.74, 6) is 1.14. The van der Waals surface area contributed by atoms with Crippen molar-refractivity contribution in [2.45, 2.75) is 30.6 Å². The van der Waals surface area contributed by atoms with Crippen LogP contribution < -0.4 is 10.2 Å². The number of carbonyl (C=O) groups excluding carboxylic acids is 1. The highest BCUT2D eigenvalue weighted by Crippen LogP contribution is 2.22. The highest BCUT2D eigenvalue weighted by atomic mass is 32.2. The van der Waals surface area contributed by atoms with Crippen LogP contribution in [-0.2, 0) is 10.0 Å². The van der Waals surface area contributed by atoms with E-state index in [0.717, 1.165) is 44.6 Å². The van der Waals surface area contributed by atoms with Crippen molar-refractivity contribution in [2.75, 3.05) is 37.6 Å². The second-order valence-electron chi connectivity index (χ2n) is 7.84. The van der Waals surface area contributed by atoms with Crippen LogP contribution in [0.4, 0.5) is 5.82 Å². The van der Waals surface area contributed by atoms with Gasteiger partial charge >= 0.3 is 0 Å². The third-order valence-electron chi connectivity index (χ3n) is 5.86. The Labute approximate surface area is 177 Å². The third kappa shape index (κ3) is 4.62. The van der Waals surface area contributed by atoms with Crippen LogP contribution in [0.3, 0.4) is 0 Å². The quantitative estimate of drug-likeness (QED) is 0.754. The number of nitrogens with one attached hydrogen (secondary N) is 1. The van der Waals surface area contributed by atoms with Crippen molar-refractivity contribution in [3.05, 3.63) is 48.4 Å². The molecule has 4 rings (SSSR count). The third-order valence-corrected chi connectivity index (χ3v) is 7.77. The van der Waals surface area contributed by atoms with E-state index >= 15 is 0 Å². The number of sulfonamides is 1. The van der Waals surface area contributed by atoms with Crippen LogP contribution in [0.25, 0.3) is 0 Å². The summed E-state index contributed by atoms with van der Waals surface area (Å²) < 4.78 is 26.7.